The topological polar surface area (TPSA) is 66.9 Å². The van der Waals surface area contributed by atoms with E-state index in [4.69, 9.17) is 4.74 Å². The summed E-state index contributed by atoms with van der Waals surface area (Å²) < 4.78 is 33.7. The molecule has 2 unspecified atom stereocenters. The average Bonchev–Trinajstić information content (AvgIpc) is 2.84. The monoisotopic (exact) mass is 484 g/mol. The van der Waals surface area contributed by atoms with E-state index in [0.29, 0.717) is 62.7 Å². The van der Waals surface area contributed by atoms with Crippen LogP contribution in [0.5, 0.6) is 0 Å². The van der Waals surface area contributed by atoms with Gasteiger partial charge in [0.15, 0.2) is 0 Å². The minimum absolute atomic E-state index is 0.0344. The molecule has 184 valence electrons. The molecule has 2 aromatic rings. The molecule has 0 N–H and O–H groups in total. The van der Waals surface area contributed by atoms with Crippen LogP contribution in [-0.2, 0) is 21.4 Å². The maximum absolute atomic E-state index is 13.1. The van der Waals surface area contributed by atoms with Gasteiger partial charge >= 0.3 is 0 Å². The van der Waals surface area contributed by atoms with E-state index in [-0.39, 0.29) is 10.8 Å². The van der Waals surface area contributed by atoms with Crippen molar-refractivity contribution in [1.29, 1.82) is 0 Å². The van der Waals surface area contributed by atoms with Crippen LogP contribution in [0.3, 0.4) is 0 Å². The highest BCUT2D eigenvalue weighted by molar-refractivity contribution is 7.89. The number of nitrogens with zero attached hydrogens (tertiary/aromatic N) is 2. The molecule has 0 saturated carbocycles. The number of likely N-dealkylation sites (tertiary alicyclic amines) is 1. The number of amides is 1. The predicted octanol–water partition coefficient (Wildman–Crippen LogP) is 4.42. The highest BCUT2D eigenvalue weighted by Gasteiger charge is 2.32. The molecule has 1 amide bonds. The number of hydrogen-bond acceptors (Lipinski definition) is 4. The fourth-order valence-corrected chi connectivity index (χ4v) is 6.80. The number of hydrogen-bond donors (Lipinski definition) is 0. The van der Waals surface area contributed by atoms with E-state index in [1.165, 1.54) is 5.56 Å². The summed E-state index contributed by atoms with van der Waals surface area (Å²) in [5.74, 6) is 1.12. The minimum atomic E-state index is -3.54. The molecule has 2 heterocycles. The Morgan fingerprint density at radius 1 is 0.941 bits per heavy atom. The normalized spacial score (nSPS) is 22.6. The van der Waals surface area contributed by atoms with Gasteiger partial charge in [-0.1, -0.05) is 44.2 Å². The minimum Gasteiger partial charge on any atom is -0.376 e. The lowest BCUT2D eigenvalue weighted by atomic mass is 9.94. The number of sulfonamides is 1. The molecule has 2 fully saturated rings. The molecule has 2 saturated heterocycles. The van der Waals surface area contributed by atoms with Crippen LogP contribution in [0.4, 0.5) is 0 Å². The predicted molar refractivity (Wildman–Crippen MR) is 133 cm³/mol. The number of carbonyl (C=O) groups is 1. The number of ether oxygens (including phenoxy) is 1. The zero-order valence-corrected chi connectivity index (χ0v) is 21.0. The van der Waals surface area contributed by atoms with Crippen molar-refractivity contribution in [2.24, 2.45) is 17.8 Å². The largest absolute Gasteiger partial charge is 0.376 e. The van der Waals surface area contributed by atoms with Gasteiger partial charge in [0.1, 0.15) is 0 Å². The van der Waals surface area contributed by atoms with Crippen LogP contribution in [-0.4, -0.2) is 56.3 Å². The lowest BCUT2D eigenvalue weighted by molar-refractivity contribution is 0.0478. The van der Waals surface area contributed by atoms with Crippen molar-refractivity contribution in [2.45, 2.75) is 44.6 Å². The Hall–Kier alpha value is -2.22. The summed E-state index contributed by atoms with van der Waals surface area (Å²) in [5, 5.41) is 0. The van der Waals surface area contributed by atoms with E-state index in [1.54, 1.807) is 28.6 Å². The van der Waals surface area contributed by atoms with Crippen molar-refractivity contribution in [1.82, 2.24) is 9.21 Å². The smallest absolute Gasteiger partial charge is 0.253 e. The summed E-state index contributed by atoms with van der Waals surface area (Å²) in [6.07, 6.45) is 2.88. The van der Waals surface area contributed by atoms with Gasteiger partial charge in [0.25, 0.3) is 5.91 Å². The van der Waals surface area contributed by atoms with Crippen LogP contribution in [0.2, 0.25) is 0 Å². The standard InChI is InChI=1S/C27H36N2O4S/c1-21-16-22(2)18-29(17-21)34(31,32)26-10-8-25(9-11-26)27(30)28-14-12-24(13-15-28)20-33-19-23-6-4-3-5-7-23/h3-11,21-22,24H,12-20H2,1-2H3. The van der Waals surface area contributed by atoms with E-state index in [2.05, 4.69) is 26.0 Å². The van der Waals surface area contributed by atoms with Gasteiger partial charge in [0.2, 0.25) is 10.0 Å². The van der Waals surface area contributed by atoms with Gasteiger partial charge in [-0.25, -0.2) is 8.42 Å². The first kappa shape index (κ1) is 24.9. The summed E-state index contributed by atoms with van der Waals surface area (Å²) in [6, 6.07) is 16.6. The Morgan fingerprint density at radius 2 is 1.56 bits per heavy atom. The van der Waals surface area contributed by atoms with E-state index < -0.39 is 10.0 Å². The second kappa shape index (κ2) is 11.0. The van der Waals surface area contributed by atoms with Crippen molar-refractivity contribution in [3.05, 3.63) is 65.7 Å². The number of benzene rings is 2. The van der Waals surface area contributed by atoms with Crippen LogP contribution in [0.1, 0.15) is 49.0 Å². The summed E-state index contributed by atoms with van der Waals surface area (Å²) in [6.45, 7) is 8.01. The fraction of sp³-hybridized carbons (Fsp3) is 0.519. The van der Waals surface area contributed by atoms with Crippen molar-refractivity contribution in [2.75, 3.05) is 32.8 Å². The zero-order chi connectivity index (χ0) is 24.1. The molecule has 0 aliphatic carbocycles. The maximum atomic E-state index is 13.1. The summed E-state index contributed by atoms with van der Waals surface area (Å²) in [4.78, 5) is 15.1. The van der Waals surface area contributed by atoms with E-state index >= 15 is 0 Å². The number of rotatable bonds is 7. The van der Waals surface area contributed by atoms with Gasteiger partial charge < -0.3 is 9.64 Å². The third-order valence-corrected chi connectivity index (χ3v) is 8.79. The molecule has 2 aliphatic rings. The molecular formula is C27H36N2O4S. The lowest BCUT2D eigenvalue weighted by Gasteiger charge is -2.34. The van der Waals surface area contributed by atoms with Gasteiger partial charge in [-0.15, -0.1) is 0 Å². The third-order valence-electron chi connectivity index (χ3n) is 6.94. The van der Waals surface area contributed by atoms with Crippen LogP contribution in [0.15, 0.2) is 59.5 Å². The highest BCUT2D eigenvalue weighted by atomic mass is 32.2. The Morgan fingerprint density at radius 3 is 2.18 bits per heavy atom. The molecule has 2 aromatic carbocycles. The first-order valence-electron chi connectivity index (χ1n) is 12.3. The second-order valence-electron chi connectivity index (χ2n) is 10.0. The van der Waals surface area contributed by atoms with Gasteiger partial charge in [-0.3, -0.25) is 4.79 Å². The van der Waals surface area contributed by atoms with Crippen LogP contribution in [0, 0.1) is 17.8 Å². The maximum Gasteiger partial charge on any atom is 0.253 e. The first-order chi connectivity index (χ1) is 16.3. The lowest BCUT2D eigenvalue weighted by Crippen LogP contribution is -2.42. The number of carbonyl (C=O) groups excluding carboxylic acids is 1. The molecular weight excluding hydrogens is 448 g/mol. The first-order valence-corrected chi connectivity index (χ1v) is 13.8. The fourth-order valence-electron chi connectivity index (χ4n) is 5.12. The zero-order valence-electron chi connectivity index (χ0n) is 20.2. The van der Waals surface area contributed by atoms with Gasteiger partial charge in [0, 0.05) is 38.3 Å². The molecule has 0 radical (unpaired) electrons. The Bertz CT molecular complexity index is 1040. The molecule has 0 aromatic heterocycles. The van der Waals surface area contributed by atoms with E-state index in [9.17, 15) is 13.2 Å². The van der Waals surface area contributed by atoms with Crippen LogP contribution < -0.4 is 0 Å². The third kappa shape index (κ3) is 6.06. The molecule has 7 heteroatoms. The van der Waals surface area contributed by atoms with Crippen molar-refractivity contribution < 1.29 is 17.9 Å². The van der Waals surface area contributed by atoms with Crippen molar-refractivity contribution in [3.63, 3.8) is 0 Å². The quantitative estimate of drug-likeness (QED) is 0.583. The molecule has 0 spiro atoms. The average molecular weight is 485 g/mol. The molecule has 6 nitrogen and oxygen atoms in total. The van der Waals surface area contributed by atoms with E-state index in [1.807, 2.05) is 23.1 Å². The summed E-state index contributed by atoms with van der Waals surface area (Å²) in [5.41, 5.74) is 1.71. The van der Waals surface area contributed by atoms with Gasteiger partial charge in [-0.2, -0.15) is 4.31 Å². The van der Waals surface area contributed by atoms with Crippen LogP contribution in [0.25, 0.3) is 0 Å². The molecule has 2 aliphatic heterocycles. The molecule has 2 atom stereocenters. The highest BCUT2D eigenvalue weighted by Crippen LogP contribution is 2.27. The van der Waals surface area contributed by atoms with Crippen LogP contribution >= 0.6 is 0 Å². The van der Waals surface area contributed by atoms with Crippen molar-refractivity contribution in [3.8, 4) is 0 Å². The summed E-state index contributed by atoms with van der Waals surface area (Å²) >= 11 is 0. The second-order valence-corrected chi connectivity index (χ2v) is 12.0. The van der Waals surface area contributed by atoms with Crippen molar-refractivity contribution >= 4 is 15.9 Å². The Balaban J connectivity index is 1.28. The SMILES string of the molecule is CC1CC(C)CN(S(=O)(=O)c2ccc(C(=O)N3CCC(COCc4ccccc4)CC3)cc2)C1. The molecule has 0 bridgehead atoms. The van der Waals surface area contributed by atoms with E-state index in [0.717, 1.165) is 19.3 Å². The molecule has 34 heavy (non-hydrogen) atoms. The Labute approximate surface area is 204 Å². The molecule has 4 rings (SSSR count). The van der Waals surface area contributed by atoms with Gasteiger partial charge in [-0.05, 0) is 66.8 Å². The number of piperidine rings is 2. The van der Waals surface area contributed by atoms with Gasteiger partial charge in [0.05, 0.1) is 11.5 Å². The summed E-state index contributed by atoms with van der Waals surface area (Å²) in [7, 11) is -3.54. The Kier molecular flexibility index (Phi) is 8.06.